The summed E-state index contributed by atoms with van der Waals surface area (Å²) in [5, 5.41) is 18.7. The zero-order valence-corrected chi connectivity index (χ0v) is 8.08. The molecule has 0 amide bonds. The van der Waals surface area contributed by atoms with E-state index in [2.05, 4.69) is 15.9 Å². The molecule has 0 aromatic rings. The molecule has 0 fully saturated rings. The molecular weight excluding hydrogens is 208 g/mol. The van der Waals surface area contributed by atoms with Crippen LogP contribution in [0.25, 0.3) is 0 Å². The zero-order valence-electron chi connectivity index (χ0n) is 6.50. The predicted octanol–water partition coefficient (Wildman–Crippen LogP) is 1.42. The lowest BCUT2D eigenvalue weighted by Crippen LogP contribution is -2.31. The van der Waals surface area contributed by atoms with Crippen LogP contribution in [0.5, 0.6) is 0 Å². The molecule has 0 saturated heterocycles. The van der Waals surface area contributed by atoms with E-state index in [1.54, 1.807) is 6.92 Å². The molecular formula is C8H13BrO2. The summed E-state index contributed by atoms with van der Waals surface area (Å²) in [6.45, 7) is 1.72. The van der Waals surface area contributed by atoms with E-state index in [4.69, 9.17) is 0 Å². The maximum Gasteiger partial charge on any atom is 0.0631 e. The Bertz CT molecular complexity index is 165. The lowest BCUT2D eigenvalue weighted by Gasteiger charge is -2.28. The number of aliphatic hydroxyl groups excluding tert-OH is 2. The van der Waals surface area contributed by atoms with E-state index in [0.29, 0.717) is 6.42 Å². The van der Waals surface area contributed by atoms with Crippen molar-refractivity contribution in [2.45, 2.75) is 32.0 Å². The van der Waals surface area contributed by atoms with Gasteiger partial charge < -0.3 is 10.2 Å². The van der Waals surface area contributed by atoms with Gasteiger partial charge in [-0.25, -0.2) is 0 Å². The first-order valence-corrected chi connectivity index (χ1v) is 4.61. The summed E-state index contributed by atoms with van der Waals surface area (Å²) in [4.78, 5) is 0. The number of allylic oxidation sites excluding steroid dienone is 1. The lowest BCUT2D eigenvalue weighted by molar-refractivity contribution is 0.0206. The Morgan fingerprint density at radius 1 is 1.73 bits per heavy atom. The van der Waals surface area contributed by atoms with E-state index < -0.39 is 6.10 Å². The molecule has 1 rings (SSSR count). The lowest BCUT2D eigenvalue weighted by atomic mass is 9.87. The number of rotatable bonds is 1. The van der Waals surface area contributed by atoms with Gasteiger partial charge in [-0.1, -0.05) is 22.0 Å². The summed E-state index contributed by atoms with van der Waals surface area (Å²) in [6.07, 6.45) is 2.56. The van der Waals surface area contributed by atoms with Crippen LogP contribution in [0.1, 0.15) is 19.8 Å². The van der Waals surface area contributed by atoms with E-state index in [9.17, 15) is 10.2 Å². The van der Waals surface area contributed by atoms with Crippen LogP contribution in [0.4, 0.5) is 0 Å². The van der Waals surface area contributed by atoms with Gasteiger partial charge in [0.05, 0.1) is 12.2 Å². The summed E-state index contributed by atoms with van der Waals surface area (Å²) in [6, 6.07) is 0. The fourth-order valence-electron chi connectivity index (χ4n) is 1.36. The minimum atomic E-state index is -0.425. The van der Waals surface area contributed by atoms with Gasteiger partial charge in [0.25, 0.3) is 0 Å². The third-order valence-electron chi connectivity index (χ3n) is 2.13. The molecule has 0 saturated carbocycles. The number of hydrogen-bond acceptors (Lipinski definition) is 2. The highest BCUT2D eigenvalue weighted by Gasteiger charge is 2.26. The van der Waals surface area contributed by atoms with Crippen LogP contribution >= 0.6 is 15.9 Å². The summed E-state index contributed by atoms with van der Waals surface area (Å²) >= 11 is 3.36. The van der Waals surface area contributed by atoms with E-state index in [0.717, 1.165) is 10.9 Å². The smallest absolute Gasteiger partial charge is 0.0631 e. The van der Waals surface area contributed by atoms with Crippen molar-refractivity contribution in [3.05, 3.63) is 10.6 Å². The molecule has 3 atom stereocenters. The topological polar surface area (TPSA) is 40.5 Å². The maximum absolute atomic E-state index is 9.43. The van der Waals surface area contributed by atoms with Crippen LogP contribution in [-0.2, 0) is 0 Å². The predicted molar refractivity (Wildman–Crippen MR) is 47.4 cm³/mol. The van der Waals surface area contributed by atoms with Gasteiger partial charge in [0.2, 0.25) is 0 Å². The van der Waals surface area contributed by atoms with Crippen molar-refractivity contribution in [2.75, 3.05) is 0 Å². The van der Waals surface area contributed by atoms with Crippen molar-refractivity contribution in [2.24, 2.45) is 5.92 Å². The first-order chi connectivity index (χ1) is 5.11. The van der Waals surface area contributed by atoms with Crippen LogP contribution in [0.15, 0.2) is 10.6 Å². The molecule has 2 N–H and O–H groups in total. The highest BCUT2D eigenvalue weighted by molar-refractivity contribution is 9.11. The fraction of sp³-hybridized carbons (Fsp3) is 0.750. The van der Waals surface area contributed by atoms with Gasteiger partial charge in [0.1, 0.15) is 0 Å². The van der Waals surface area contributed by atoms with Gasteiger partial charge in [-0.2, -0.15) is 0 Å². The summed E-state index contributed by atoms with van der Waals surface area (Å²) in [5.41, 5.74) is 0. The molecule has 2 nitrogen and oxygen atoms in total. The van der Waals surface area contributed by atoms with Crippen molar-refractivity contribution in [1.29, 1.82) is 0 Å². The summed E-state index contributed by atoms with van der Waals surface area (Å²) in [7, 11) is 0. The Balaban J connectivity index is 2.60. The van der Waals surface area contributed by atoms with Gasteiger partial charge in [-0.3, -0.25) is 0 Å². The Labute approximate surface area is 75.1 Å². The molecule has 0 spiro atoms. The number of halogens is 1. The van der Waals surface area contributed by atoms with Crippen molar-refractivity contribution < 1.29 is 10.2 Å². The Kier molecular flexibility index (Phi) is 3.10. The molecule has 0 heterocycles. The summed E-state index contributed by atoms with van der Waals surface area (Å²) in [5.74, 6) is -0.00521. The van der Waals surface area contributed by atoms with E-state index in [1.165, 1.54) is 0 Å². The Morgan fingerprint density at radius 3 is 2.82 bits per heavy atom. The molecule has 11 heavy (non-hydrogen) atoms. The van der Waals surface area contributed by atoms with Gasteiger partial charge in [-0.05, 0) is 24.2 Å². The van der Waals surface area contributed by atoms with Crippen LogP contribution < -0.4 is 0 Å². The monoisotopic (exact) mass is 220 g/mol. The largest absolute Gasteiger partial charge is 0.393 e. The fourth-order valence-corrected chi connectivity index (χ4v) is 1.92. The molecule has 1 aliphatic rings. The molecule has 0 aliphatic heterocycles. The second-order valence-corrected chi connectivity index (χ2v) is 4.08. The first-order valence-electron chi connectivity index (χ1n) is 3.82. The van der Waals surface area contributed by atoms with Crippen molar-refractivity contribution in [1.82, 2.24) is 0 Å². The standard InChI is InChI=1S/C8H13BrO2/c1-5(10)7-4-6(9)2-3-8(7)11/h2,5,7-8,10-11H,3-4H2,1H3. The normalized spacial score (nSPS) is 34.7. The maximum atomic E-state index is 9.43. The Hall–Kier alpha value is 0.140. The van der Waals surface area contributed by atoms with E-state index >= 15 is 0 Å². The average Bonchev–Trinajstić information content (AvgIpc) is 1.94. The van der Waals surface area contributed by atoms with Crippen molar-refractivity contribution in [3.63, 3.8) is 0 Å². The van der Waals surface area contributed by atoms with Crippen LogP contribution in [0, 0.1) is 5.92 Å². The van der Waals surface area contributed by atoms with Gasteiger partial charge in [-0.15, -0.1) is 0 Å². The highest BCUT2D eigenvalue weighted by atomic mass is 79.9. The highest BCUT2D eigenvalue weighted by Crippen LogP contribution is 2.29. The Morgan fingerprint density at radius 2 is 2.36 bits per heavy atom. The van der Waals surface area contributed by atoms with Crippen LogP contribution in [0.3, 0.4) is 0 Å². The van der Waals surface area contributed by atoms with Crippen molar-refractivity contribution >= 4 is 15.9 Å². The molecule has 1 aliphatic carbocycles. The number of aliphatic hydroxyl groups is 2. The SMILES string of the molecule is CC(O)C1CC(Br)=CCC1O. The molecule has 0 bridgehead atoms. The summed E-state index contributed by atoms with van der Waals surface area (Å²) < 4.78 is 1.09. The second kappa shape index (κ2) is 3.70. The molecule has 0 radical (unpaired) electrons. The molecule has 3 heteroatoms. The quantitative estimate of drug-likeness (QED) is 0.702. The zero-order chi connectivity index (χ0) is 8.43. The second-order valence-electron chi connectivity index (χ2n) is 3.06. The van der Waals surface area contributed by atoms with Crippen molar-refractivity contribution in [3.8, 4) is 0 Å². The van der Waals surface area contributed by atoms with E-state index in [1.807, 2.05) is 6.08 Å². The number of hydrogen-bond donors (Lipinski definition) is 2. The van der Waals surface area contributed by atoms with Gasteiger partial charge in [0.15, 0.2) is 0 Å². The minimum Gasteiger partial charge on any atom is -0.393 e. The third-order valence-corrected chi connectivity index (χ3v) is 2.77. The molecule has 64 valence electrons. The van der Waals surface area contributed by atoms with Crippen LogP contribution in [-0.4, -0.2) is 22.4 Å². The molecule has 0 aromatic heterocycles. The van der Waals surface area contributed by atoms with Crippen LogP contribution in [0.2, 0.25) is 0 Å². The van der Waals surface area contributed by atoms with Gasteiger partial charge in [0, 0.05) is 5.92 Å². The molecule has 0 aromatic carbocycles. The van der Waals surface area contributed by atoms with Gasteiger partial charge >= 0.3 is 0 Å². The minimum absolute atomic E-state index is 0.00521. The van der Waals surface area contributed by atoms with E-state index in [-0.39, 0.29) is 12.0 Å². The molecule has 3 unspecified atom stereocenters. The third kappa shape index (κ3) is 2.29. The average molecular weight is 221 g/mol. The first kappa shape index (κ1) is 9.23.